The maximum absolute atomic E-state index is 11.9. The number of anilines is 1. The summed E-state index contributed by atoms with van der Waals surface area (Å²) in [4.78, 5) is 12.0. The highest BCUT2D eigenvalue weighted by molar-refractivity contribution is 7.89. The molecule has 1 aliphatic carbocycles. The summed E-state index contributed by atoms with van der Waals surface area (Å²) >= 11 is 0. The van der Waals surface area contributed by atoms with E-state index in [0.717, 1.165) is 12.1 Å². The minimum atomic E-state index is -3.51. The Balaban J connectivity index is 2.00. The van der Waals surface area contributed by atoms with E-state index in [1.807, 2.05) is 6.92 Å². The maximum Gasteiger partial charge on any atom is 0.240 e. The van der Waals surface area contributed by atoms with E-state index in [0.29, 0.717) is 11.6 Å². The first-order valence-corrected chi connectivity index (χ1v) is 8.45. The van der Waals surface area contributed by atoms with Crippen LogP contribution in [0.4, 0.5) is 5.69 Å². The van der Waals surface area contributed by atoms with Crippen molar-refractivity contribution in [2.24, 2.45) is 5.92 Å². The smallest absolute Gasteiger partial charge is 0.240 e. The topological polar surface area (TPSA) is 87.3 Å². The zero-order valence-corrected chi connectivity index (χ0v) is 13.1. The molecule has 21 heavy (non-hydrogen) atoms. The summed E-state index contributed by atoms with van der Waals surface area (Å²) in [5, 5.41) is 5.85. The molecule has 0 aliphatic heterocycles. The van der Waals surface area contributed by atoms with Crippen LogP contribution in [0, 0.1) is 12.8 Å². The molecule has 1 amide bonds. The Labute approximate surface area is 125 Å². The average molecular weight is 311 g/mol. The van der Waals surface area contributed by atoms with Crippen molar-refractivity contribution < 1.29 is 13.2 Å². The highest BCUT2D eigenvalue weighted by atomic mass is 32.2. The van der Waals surface area contributed by atoms with Gasteiger partial charge in [0.2, 0.25) is 15.9 Å². The summed E-state index contributed by atoms with van der Waals surface area (Å²) in [7, 11) is -2.15. The number of amides is 1. The van der Waals surface area contributed by atoms with Crippen molar-refractivity contribution in [3.8, 4) is 0 Å². The summed E-state index contributed by atoms with van der Waals surface area (Å²) in [6.45, 7) is 2.92. The van der Waals surface area contributed by atoms with Crippen molar-refractivity contribution in [1.82, 2.24) is 10.0 Å². The third-order valence-electron chi connectivity index (χ3n) is 3.48. The Morgan fingerprint density at radius 1 is 1.33 bits per heavy atom. The highest BCUT2D eigenvalue weighted by Gasteiger charge is 2.20. The lowest BCUT2D eigenvalue weighted by Crippen LogP contribution is -2.29. The Morgan fingerprint density at radius 3 is 2.67 bits per heavy atom. The number of aryl methyl sites for hydroxylation is 1. The fraction of sp³-hybridized carbons (Fsp3) is 0.500. The van der Waals surface area contributed by atoms with Crippen LogP contribution < -0.4 is 15.4 Å². The van der Waals surface area contributed by atoms with Gasteiger partial charge in [-0.15, -0.1) is 0 Å². The Bertz CT molecular complexity index is 624. The largest absolute Gasteiger partial charge is 0.325 e. The van der Waals surface area contributed by atoms with Gasteiger partial charge in [-0.1, -0.05) is 6.07 Å². The van der Waals surface area contributed by atoms with E-state index in [-0.39, 0.29) is 17.3 Å². The molecule has 0 aromatic heterocycles. The number of hydrogen-bond acceptors (Lipinski definition) is 4. The normalized spacial score (nSPS) is 15.0. The van der Waals surface area contributed by atoms with Gasteiger partial charge in [0.25, 0.3) is 0 Å². The first kappa shape index (κ1) is 15.9. The molecule has 1 aliphatic rings. The van der Waals surface area contributed by atoms with Crippen molar-refractivity contribution in [3.05, 3.63) is 23.8 Å². The lowest BCUT2D eigenvalue weighted by Gasteiger charge is -2.11. The number of carbonyl (C=O) groups is 1. The van der Waals surface area contributed by atoms with Crippen LogP contribution in [0.2, 0.25) is 0 Å². The molecule has 1 aromatic carbocycles. The molecule has 116 valence electrons. The molecule has 2 rings (SSSR count). The second-order valence-corrected chi connectivity index (χ2v) is 7.19. The number of hydrogen-bond donors (Lipinski definition) is 3. The molecule has 0 unspecified atom stereocenters. The second-order valence-electron chi connectivity index (χ2n) is 5.31. The maximum atomic E-state index is 11.9. The lowest BCUT2D eigenvalue weighted by molar-refractivity contribution is -0.115. The molecule has 1 aromatic rings. The van der Waals surface area contributed by atoms with Crippen molar-refractivity contribution in [3.63, 3.8) is 0 Å². The summed E-state index contributed by atoms with van der Waals surface area (Å²) in [5.41, 5.74) is 1.34. The van der Waals surface area contributed by atoms with E-state index < -0.39 is 10.0 Å². The third kappa shape index (κ3) is 4.52. The van der Waals surface area contributed by atoms with Crippen molar-refractivity contribution in [2.75, 3.05) is 25.5 Å². The van der Waals surface area contributed by atoms with E-state index in [4.69, 9.17) is 0 Å². The summed E-state index contributed by atoms with van der Waals surface area (Å²) in [6.07, 6.45) is 2.47. The van der Waals surface area contributed by atoms with Gasteiger partial charge in [-0.25, -0.2) is 13.1 Å². The first-order chi connectivity index (χ1) is 9.92. The Kier molecular flexibility index (Phi) is 4.97. The van der Waals surface area contributed by atoms with Crippen LogP contribution in [0.15, 0.2) is 23.1 Å². The monoisotopic (exact) mass is 311 g/mol. The number of rotatable bonds is 7. The minimum absolute atomic E-state index is 0.136. The molecule has 0 radical (unpaired) electrons. The summed E-state index contributed by atoms with van der Waals surface area (Å²) in [6, 6.07) is 4.67. The molecule has 0 saturated heterocycles. The van der Waals surface area contributed by atoms with Gasteiger partial charge >= 0.3 is 0 Å². The fourth-order valence-electron chi connectivity index (χ4n) is 1.93. The number of sulfonamides is 1. The van der Waals surface area contributed by atoms with E-state index in [9.17, 15) is 13.2 Å². The third-order valence-corrected chi connectivity index (χ3v) is 4.89. The molecule has 3 N–H and O–H groups in total. The predicted molar refractivity (Wildman–Crippen MR) is 81.6 cm³/mol. The fourth-order valence-corrected chi connectivity index (χ4v) is 2.68. The van der Waals surface area contributed by atoms with Crippen LogP contribution >= 0.6 is 0 Å². The zero-order valence-electron chi connectivity index (χ0n) is 12.3. The van der Waals surface area contributed by atoms with Gasteiger partial charge in [0, 0.05) is 5.69 Å². The molecule has 0 atom stereocenters. The van der Waals surface area contributed by atoms with Crippen LogP contribution in [0.25, 0.3) is 0 Å². The average Bonchev–Trinajstić information content (AvgIpc) is 3.25. The van der Waals surface area contributed by atoms with Gasteiger partial charge in [0.05, 0.1) is 11.4 Å². The van der Waals surface area contributed by atoms with Gasteiger partial charge < -0.3 is 10.6 Å². The number of nitrogens with one attached hydrogen (secondary N) is 3. The number of carbonyl (C=O) groups excluding carboxylic acids is 1. The first-order valence-electron chi connectivity index (χ1n) is 6.97. The Morgan fingerprint density at radius 2 is 2.05 bits per heavy atom. The second kappa shape index (κ2) is 6.55. The zero-order chi connectivity index (χ0) is 15.5. The van der Waals surface area contributed by atoms with E-state index >= 15 is 0 Å². The van der Waals surface area contributed by atoms with Gasteiger partial charge in [0.1, 0.15) is 0 Å². The van der Waals surface area contributed by atoms with E-state index in [1.165, 1.54) is 32.0 Å². The van der Waals surface area contributed by atoms with Gasteiger partial charge in [-0.2, -0.15) is 0 Å². The Hall–Kier alpha value is -1.44. The molecule has 1 fully saturated rings. The predicted octanol–water partition coefficient (Wildman–Crippen LogP) is 0.841. The highest BCUT2D eigenvalue weighted by Crippen LogP contribution is 2.27. The van der Waals surface area contributed by atoms with Crippen molar-refractivity contribution in [1.29, 1.82) is 0 Å². The van der Waals surface area contributed by atoms with Crippen molar-refractivity contribution in [2.45, 2.75) is 24.7 Å². The molecule has 0 bridgehead atoms. The quantitative estimate of drug-likeness (QED) is 0.696. The molecule has 7 heteroatoms. The van der Waals surface area contributed by atoms with E-state index in [2.05, 4.69) is 15.4 Å². The summed E-state index contributed by atoms with van der Waals surface area (Å²) < 4.78 is 25.8. The summed E-state index contributed by atoms with van der Waals surface area (Å²) in [5.74, 6) is 0.543. The van der Waals surface area contributed by atoms with Gasteiger partial charge in [-0.05, 0) is 57.0 Å². The van der Waals surface area contributed by atoms with Crippen LogP contribution in [0.3, 0.4) is 0 Å². The van der Waals surface area contributed by atoms with E-state index in [1.54, 1.807) is 6.07 Å². The lowest BCUT2D eigenvalue weighted by atomic mass is 10.2. The molecular formula is C14H21N3O3S. The van der Waals surface area contributed by atoms with Gasteiger partial charge in [-0.3, -0.25) is 4.79 Å². The van der Waals surface area contributed by atoms with Gasteiger partial charge in [0.15, 0.2) is 0 Å². The molecule has 6 nitrogen and oxygen atoms in total. The van der Waals surface area contributed by atoms with Crippen LogP contribution in [-0.2, 0) is 14.8 Å². The minimum Gasteiger partial charge on any atom is -0.325 e. The van der Waals surface area contributed by atoms with Crippen molar-refractivity contribution >= 4 is 21.6 Å². The molecule has 0 spiro atoms. The van der Waals surface area contributed by atoms with Crippen LogP contribution in [0.1, 0.15) is 18.4 Å². The standard InChI is InChI=1S/C14H21N3O3S/c1-10-3-6-12(21(19,20)15-2)7-13(10)17-14(18)9-16-8-11-4-5-11/h3,6-7,11,15-16H,4-5,8-9H2,1-2H3,(H,17,18). The SMILES string of the molecule is CNS(=O)(=O)c1ccc(C)c(NC(=O)CNCC2CC2)c1. The molecule has 0 heterocycles. The van der Waals surface area contributed by atoms with Crippen LogP contribution in [0.5, 0.6) is 0 Å². The molecular weight excluding hydrogens is 290 g/mol. The molecule has 1 saturated carbocycles. The van der Waals surface area contributed by atoms with Crippen LogP contribution in [-0.4, -0.2) is 34.5 Å². The number of benzene rings is 1.